The Hall–Kier alpha value is -2.04. The zero-order chi connectivity index (χ0) is 14.5. The lowest BCUT2D eigenvalue weighted by molar-refractivity contribution is 0.102. The van der Waals surface area contributed by atoms with Crippen molar-refractivity contribution in [2.24, 2.45) is 5.73 Å². The van der Waals surface area contributed by atoms with Crippen LogP contribution in [-0.4, -0.2) is 13.0 Å². The van der Waals surface area contributed by atoms with Gasteiger partial charge in [0, 0.05) is 17.1 Å². The van der Waals surface area contributed by atoms with Crippen LogP contribution in [0.15, 0.2) is 42.5 Å². The molecule has 2 aromatic carbocycles. The first-order valence-electron chi connectivity index (χ1n) is 6.08. The van der Waals surface area contributed by atoms with Gasteiger partial charge >= 0.3 is 0 Å². The van der Waals surface area contributed by atoms with E-state index in [9.17, 15) is 4.79 Å². The van der Waals surface area contributed by atoms with Gasteiger partial charge in [0.1, 0.15) is 5.75 Å². The van der Waals surface area contributed by atoms with Crippen molar-refractivity contribution in [2.75, 3.05) is 12.4 Å². The molecule has 2 rings (SSSR count). The minimum atomic E-state index is -0.235. The highest BCUT2D eigenvalue weighted by molar-refractivity contribution is 6.31. The monoisotopic (exact) mass is 290 g/mol. The van der Waals surface area contributed by atoms with E-state index in [1.165, 1.54) is 7.11 Å². The Labute approximate surface area is 122 Å². The molecule has 0 saturated heterocycles. The Morgan fingerprint density at radius 2 is 2.10 bits per heavy atom. The highest BCUT2D eigenvalue weighted by atomic mass is 35.5. The van der Waals surface area contributed by atoms with Crippen LogP contribution in [0.5, 0.6) is 5.75 Å². The molecule has 1 amide bonds. The largest absolute Gasteiger partial charge is 0.495 e. The van der Waals surface area contributed by atoms with Gasteiger partial charge in [-0.1, -0.05) is 23.7 Å². The highest BCUT2D eigenvalue weighted by Gasteiger charge is 2.10. The Morgan fingerprint density at radius 3 is 2.80 bits per heavy atom. The molecule has 0 fully saturated rings. The van der Waals surface area contributed by atoms with E-state index in [2.05, 4.69) is 5.32 Å². The molecule has 0 heterocycles. The number of rotatable bonds is 4. The van der Waals surface area contributed by atoms with Crippen LogP contribution in [0.1, 0.15) is 15.9 Å². The predicted octanol–water partition coefficient (Wildman–Crippen LogP) is 3.06. The summed E-state index contributed by atoms with van der Waals surface area (Å²) in [4.78, 5) is 12.2. The van der Waals surface area contributed by atoms with Crippen molar-refractivity contribution >= 4 is 23.2 Å². The predicted molar refractivity (Wildman–Crippen MR) is 80.3 cm³/mol. The van der Waals surface area contributed by atoms with Gasteiger partial charge in [-0.15, -0.1) is 0 Å². The van der Waals surface area contributed by atoms with Crippen LogP contribution < -0.4 is 15.8 Å². The lowest BCUT2D eigenvalue weighted by atomic mass is 10.1. The summed E-state index contributed by atoms with van der Waals surface area (Å²) < 4.78 is 5.19. The second-order valence-corrected chi connectivity index (χ2v) is 4.64. The summed E-state index contributed by atoms with van der Waals surface area (Å²) in [5.41, 5.74) is 7.53. The van der Waals surface area contributed by atoms with Gasteiger partial charge in [-0.25, -0.2) is 0 Å². The lowest BCUT2D eigenvalue weighted by Crippen LogP contribution is -2.13. The minimum absolute atomic E-state index is 0.235. The van der Waals surface area contributed by atoms with Gasteiger partial charge in [-0.3, -0.25) is 4.79 Å². The van der Waals surface area contributed by atoms with Gasteiger partial charge in [-0.05, 0) is 35.9 Å². The molecule has 3 N–H and O–H groups in total. The van der Waals surface area contributed by atoms with Crippen LogP contribution in [0, 0.1) is 0 Å². The zero-order valence-electron chi connectivity index (χ0n) is 11.0. The van der Waals surface area contributed by atoms with Crippen molar-refractivity contribution in [3.63, 3.8) is 0 Å². The lowest BCUT2D eigenvalue weighted by Gasteiger charge is -2.11. The Kier molecular flexibility index (Phi) is 4.61. The first kappa shape index (κ1) is 14.4. The minimum Gasteiger partial charge on any atom is -0.495 e. The topological polar surface area (TPSA) is 64.3 Å². The number of methoxy groups -OCH3 is 1. The van der Waals surface area contributed by atoms with Crippen molar-refractivity contribution in [3.8, 4) is 5.75 Å². The average Bonchev–Trinajstić information content (AvgIpc) is 2.47. The number of amides is 1. The maximum Gasteiger partial charge on any atom is 0.255 e. The highest BCUT2D eigenvalue weighted by Crippen LogP contribution is 2.28. The molecule has 0 radical (unpaired) electrons. The first-order valence-corrected chi connectivity index (χ1v) is 6.45. The number of ether oxygens (including phenoxy) is 1. The molecule has 5 heteroatoms. The molecule has 0 aromatic heterocycles. The van der Waals surface area contributed by atoms with Crippen LogP contribution in [0.25, 0.3) is 0 Å². The number of hydrogen-bond donors (Lipinski definition) is 2. The summed E-state index contributed by atoms with van der Waals surface area (Å²) in [5, 5.41) is 3.31. The molecule has 0 atom stereocenters. The van der Waals surface area contributed by atoms with Crippen LogP contribution in [0.3, 0.4) is 0 Å². The summed E-state index contributed by atoms with van der Waals surface area (Å²) in [6.07, 6.45) is 0. The molecular weight excluding hydrogens is 276 g/mol. The van der Waals surface area contributed by atoms with Crippen LogP contribution in [0.4, 0.5) is 5.69 Å². The second-order valence-electron chi connectivity index (χ2n) is 4.20. The van der Waals surface area contributed by atoms with Gasteiger partial charge in [0.15, 0.2) is 0 Å². The molecule has 104 valence electrons. The molecule has 0 aliphatic carbocycles. The normalized spacial score (nSPS) is 10.2. The van der Waals surface area contributed by atoms with Crippen molar-refractivity contribution in [2.45, 2.75) is 6.54 Å². The Bertz CT molecular complexity index is 629. The Morgan fingerprint density at radius 1 is 1.30 bits per heavy atom. The van der Waals surface area contributed by atoms with Crippen LogP contribution in [0.2, 0.25) is 5.02 Å². The number of benzene rings is 2. The van der Waals surface area contributed by atoms with Crippen LogP contribution in [-0.2, 0) is 6.54 Å². The van der Waals surface area contributed by atoms with E-state index in [1.54, 1.807) is 36.4 Å². The quantitative estimate of drug-likeness (QED) is 0.909. The number of anilines is 1. The summed E-state index contributed by atoms with van der Waals surface area (Å²) >= 11 is 5.93. The fraction of sp³-hybridized carbons (Fsp3) is 0.133. The maximum absolute atomic E-state index is 12.2. The van der Waals surface area contributed by atoms with Crippen molar-refractivity contribution in [1.82, 2.24) is 0 Å². The van der Waals surface area contributed by atoms with Crippen molar-refractivity contribution in [3.05, 3.63) is 58.6 Å². The third-order valence-electron chi connectivity index (χ3n) is 2.83. The number of carbonyl (C=O) groups is 1. The molecule has 0 bridgehead atoms. The number of nitrogens with one attached hydrogen (secondary N) is 1. The van der Waals surface area contributed by atoms with E-state index in [0.29, 0.717) is 28.6 Å². The van der Waals surface area contributed by atoms with Gasteiger partial charge in [0.05, 0.1) is 12.8 Å². The third-order valence-corrected chi connectivity index (χ3v) is 3.07. The van der Waals surface area contributed by atoms with E-state index in [4.69, 9.17) is 22.1 Å². The van der Waals surface area contributed by atoms with Crippen LogP contribution >= 0.6 is 11.6 Å². The van der Waals surface area contributed by atoms with E-state index in [0.717, 1.165) is 5.56 Å². The van der Waals surface area contributed by atoms with Gasteiger partial charge in [0.25, 0.3) is 5.91 Å². The third kappa shape index (κ3) is 3.29. The van der Waals surface area contributed by atoms with Crippen molar-refractivity contribution < 1.29 is 9.53 Å². The summed E-state index contributed by atoms with van der Waals surface area (Å²) in [6.45, 7) is 0.390. The molecule has 0 spiro atoms. The summed E-state index contributed by atoms with van der Waals surface area (Å²) in [7, 11) is 1.54. The molecular formula is C15H15ClN2O2. The fourth-order valence-electron chi connectivity index (χ4n) is 1.81. The Balaban J connectivity index is 2.25. The van der Waals surface area contributed by atoms with E-state index in [1.807, 2.05) is 6.07 Å². The summed E-state index contributed by atoms with van der Waals surface area (Å²) in [6, 6.07) is 12.2. The number of halogens is 1. The van der Waals surface area contributed by atoms with Crippen molar-refractivity contribution in [1.29, 1.82) is 0 Å². The SMILES string of the molecule is COc1ccc(Cl)cc1NC(=O)c1cccc(CN)c1. The molecule has 0 unspecified atom stereocenters. The first-order chi connectivity index (χ1) is 9.63. The zero-order valence-corrected chi connectivity index (χ0v) is 11.8. The maximum atomic E-state index is 12.2. The fourth-order valence-corrected chi connectivity index (χ4v) is 1.98. The van der Waals surface area contributed by atoms with E-state index >= 15 is 0 Å². The summed E-state index contributed by atoms with van der Waals surface area (Å²) in [5.74, 6) is 0.318. The molecule has 0 aliphatic heterocycles. The van der Waals surface area contributed by atoms with Gasteiger partial charge < -0.3 is 15.8 Å². The molecule has 4 nitrogen and oxygen atoms in total. The van der Waals surface area contributed by atoms with E-state index < -0.39 is 0 Å². The molecule has 0 saturated carbocycles. The average molecular weight is 291 g/mol. The molecule has 2 aromatic rings. The van der Waals surface area contributed by atoms with Gasteiger partial charge in [-0.2, -0.15) is 0 Å². The molecule has 20 heavy (non-hydrogen) atoms. The van der Waals surface area contributed by atoms with Gasteiger partial charge in [0.2, 0.25) is 0 Å². The van der Waals surface area contributed by atoms with E-state index in [-0.39, 0.29) is 5.91 Å². The smallest absolute Gasteiger partial charge is 0.255 e. The number of carbonyl (C=O) groups excluding carboxylic acids is 1. The number of hydrogen-bond acceptors (Lipinski definition) is 3. The standard InChI is InChI=1S/C15H15ClN2O2/c1-20-14-6-5-12(16)8-13(14)18-15(19)11-4-2-3-10(7-11)9-17/h2-8H,9,17H2,1H3,(H,18,19). The second kappa shape index (κ2) is 6.41. The molecule has 0 aliphatic rings. The number of nitrogens with two attached hydrogens (primary N) is 1.